The maximum absolute atomic E-state index is 12.2. The van der Waals surface area contributed by atoms with Gasteiger partial charge in [-0.15, -0.1) is 0 Å². The van der Waals surface area contributed by atoms with Gasteiger partial charge in [0.15, 0.2) is 0 Å². The van der Waals surface area contributed by atoms with Crippen molar-refractivity contribution in [1.29, 1.82) is 0 Å². The summed E-state index contributed by atoms with van der Waals surface area (Å²) in [6, 6.07) is 0.673. The van der Waals surface area contributed by atoms with Crippen LogP contribution in [0.3, 0.4) is 0 Å². The lowest BCUT2D eigenvalue weighted by Crippen LogP contribution is -2.45. The van der Waals surface area contributed by atoms with Gasteiger partial charge in [0, 0.05) is 51.1 Å². The lowest BCUT2D eigenvalue weighted by atomic mass is 10.0. The molecule has 0 bridgehead atoms. The van der Waals surface area contributed by atoms with E-state index in [2.05, 4.69) is 23.6 Å². The molecule has 0 radical (unpaired) electrons. The fraction of sp³-hybridized carbons (Fsp3) is 0.933. The summed E-state index contributed by atoms with van der Waals surface area (Å²) in [6.07, 6.45) is 1.32. The molecule has 0 aromatic carbocycles. The highest BCUT2D eigenvalue weighted by Gasteiger charge is 2.23. The monoisotopic (exact) mass is 284 g/mol. The van der Waals surface area contributed by atoms with E-state index in [0.717, 1.165) is 52.6 Å². The van der Waals surface area contributed by atoms with Crippen LogP contribution in [0.4, 0.5) is 0 Å². The summed E-state index contributed by atoms with van der Waals surface area (Å²) in [5.74, 6) is 0.378. The molecular weight excluding hydrogens is 256 g/mol. The quantitative estimate of drug-likeness (QED) is 0.721. The Bertz CT molecular complexity index is 271. The van der Waals surface area contributed by atoms with Crippen molar-refractivity contribution in [1.82, 2.24) is 9.80 Å². The first-order valence-corrected chi connectivity index (χ1v) is 7.82. The first-order chi connectivity index (χ1) is 9.66. The van der Waals surface area contributed by atoms with E-state index in [0.29, 0.717) is 30.7 Å². The van der Waals surface area contributed by atoms with Crippen LogP contribution in [0.25, 0.3) is 0 Å². The molecule has 2 atom stereocenters. The minimum Gasteiger partial charge on any atom is -0.379 e. The highest BCUT2D eigenvalue weighted by molar-refractivity contribution is 5.79. The molecule has 116 valence electrons. The molecule has 2 saturated heterocycles. The topological polar surface area (TPSA) is 42.0 Å². The van der Waals surface area contributed by atoms with Gasteiger partial charge in [-0.25, -0.2) is 0 Å². The maximum Gasteiger partial charge on any atom is 0.136 e. The number of nitrogens with zero attached hydrogens (tertiary/aromatic N) is 2. The maximum atomic E-state index is 12.2. The number of Topliss-reactive ketones (excluding diaryl/α,β-unsaturated/α-hetero) is 1. The summed E-state index contributed by atoms with van der Waals surface area (Å²) < 4.78 is 10.7. The standard InChI is InChI=1S/C15H28N2O3/c1-13(16-3-7-19-8-4-16)11-15(18)12-14(2)17-5-9-20-10-6-17/h13-14H,3-12H2,1-2H3. The Kier molecular flexibility index (Phi) is 6.42. The number of ether oxygens (including phenoxy) is 2. The molecule has 20 heavy (non-hydrogen) atoms. The summed E-state index contributed by atoms with van der Waals surface area (Å²) in [7, 11) is 0. The van der Waals surface area contributed by atoms with Crippen molar-refractivity contribution in [3.63, 3.8) is 0 Å². The smallest absolute Gasteiger partial charge is 0.136 e. The SMILES string of the molecule is CC(CC(=O)CC(C)N1CCOCC1)N1CCOCC1. The van der Waals surface area contributed by atoms with Crippen LogP contribution in [0.15, 0.2) is 0 Å². The van der Waals surface area contributed by atoms with E-state index >= 15 is 0 Å². The van der Waals surface area contributed by atoms with Crippen LogP contribution in [0.2, 0.25) is 0 Å². The average Bonchev–Trinajstić information content (AvgIpc) is 2.49. The Balaban J connectivity index is 1.70. The third-order valence-corrected chi connectivity index (χ3v) is 4.38. The molecule has 2 fully saturated rings. The highest BCUT2D eigenvalue weighted by Crippen LogP contribution is 2.12. The van der Waals surface area contributed by atoms with Gasteiger partial charge in [-0.05, 0) is 13.8 Å². The Morgan fingerprint density at radius 1 is 0.850 bits per heavy atom. The molecule has 0 saturated carbocycles. The highest BCUT2D eigenvalue weighted by atomic mass is 16.5. The number of hydrogen-bond donors (Lipinski definition) is 0. The van der Waals surface area contributed by atoms with Crippen molar-refractivity contribution in [2.24, 2.45) is 0 Å². The fourth-order valence-electron chi connectivity index (χ4n) is 3.04. The van der Waals surface area contributed by atoms with Gasteiger partial charge in [0.2, 0.25) is 0 Å². The predicted molar refractivity (Wildman–Crippen MR) is 77.9 cm³/mol. The number of rotatable bonds is 6. The van der Waals surface area contributed by atoms with Crippen LogP contribution >= 0.6 is 0 Å². The van der Waals surface area contributed by atoms with Gasteiger partial charge in [-0.3, -0.25) is 14.6 Å². The molecule has 2 rings (SSSR count). The largest absolute Gasteiger partial charge is 0.379 e. The average molecular weight is 284 g/mol. The van der Waals surface area contributed by atoms with Crippen LogP contribution in [-0.2, 0) is 14.3 Å². The fourth-order valence-corrected chi connectivity index (χ4v) is 3.04. The molecule has 5 heteroatoms. The summed E-state index contributed by atoms with van der Waals surface area (Å²) in [5.41, 5.74) is 0. The van der Waals surface area contributed by atoms with Gasteiger partial charge in [-0.2, -0.15) is 0 Å². The second-order valence-electron chi connectivity index (χ2n) is 5.94. The summed E-state index contributed by atoms with van der Waals surface area (Å²) in [6.45, 7) is 11.3. The van der Waals surface area contributed by atoms with Gasteiger partial charge in [0.25, 0.3) is 0 Å². The van der Waals surface area contributed by atoms with E-state index in [1.807, 2.05) is 0 Å². The van der Waals surface area contributed by atoms with E-state index in [4.69, 9.17) is 9.47 Å². The van der Waals surface area contributed by atoms with Crippen molar-refractivity contribution >= 4 is 5.78 Å². The van der Waals surface area contributed by atoms with Crippen LogP contribution in [0.5, 0.6) is 0 Å². The van der Waals surface area contributed by atoms with E-state index < -0.39 is 0 Å². The molecule has 0 aromatic heterocycles. The second-order valence-corrected chi connectivity index (χ2v) is 5.94. The lowest BCUT2D eigenvalue weighted by molar-refractivity contribution is -0.122. The van der Waals surface area contributed by atoms with E-state index in [-0.39, 0.29) is 0 Å². The van der Waals surface area contributed by atoms with Gasteiger partial charge in [-0.1, -0.05) is 0 Å². The van der Waals surface area contributed by atoms with Crippen LogP contribution in [0, 0.1) is 0 Å². The number of ketones is 1. The normalized spacial score (nSPS) is 25.3. The predicted octanol–water partition coefficient (Wildman–Crippen LogP) is 0.777. The Hall–Kier alpha value is -0.490. The lowest BCUT2D eigenvalue weighted by Gasteiger charge is -2.34. The second kappa shape index (κ2) is 8.08. The van der Waals surface area contributed by atoms with Crippen LogP contribution < -0.4 is 0 Å². The van der Waals surface area contributed by atoms with Crippen molar-refractivity contribution in [3.8, 4) is 0 Å². The van der Waals surface area contributed by atoms with Gasteiger partial charge in [0.1, 0.15) is 5.78 Å². The molecule has 2 heterocycles. The molecular formula is C15H28N2O3. The third-order valence-electron chi connectivity index (χ3n) is 4.38. The van der Waals surface area contributed by atoms with E-state index in [1.165, 1.54) is 0 Å². The molecule has 2 aliphatic heterocycles. The first kappa shape index (κ1) is 15.9. The van der Waals surface area contributed by atoms with Crippen LogP contribution in [-0.4, -0.2) is 80.3 Å². The number of carbonyl (C=O) groups excluding carboxylic acids is 1. The molecule has 0 aliphatic carbocycles. The summed E-state index contributed by atoms with van der Waals surface area (Å²) in [5, 5.41) is 0. The van der Waals surface area contributed by atoms with Crippen molar-refractivity contribution in [3.05, 3.63) is 0 Å². The summed E-state index contributed by atoms with van der Waals surface area (Å²) in [4.78, 5) is 17.0. The zero-order valence-electron chi connectivity index (χ0n) is 12.8. The molecule has 5 nitrogen and oxygen atoms in total. The zero-order valence-corrected chi connectivity index (χ0v) is 12.8. The Morgan fingerprint density at radius 2 is 1.20 bits per heavy atom. The molecule has 0 aromatic rings. The van der Waals surface area contributed by atoms with Gasteiger partial charge < -0.3 is 9.47 Å². The molecule has 0 N–H and O–H groups in total. The molecule has 0 spiro atoms. The summed E-state index contributed by atoms with van der Waals surface area (Å²) >= 11 is 0. The first-order valence-electron chi connectivity index (χ1n) is 7.82. The van der Waals surface area contributed by atoms with Gasteiger partial charge >= 0.3 is 0 Å². The number of carbonyl (C=O) groups is 1. The van der Waals surface area contributed by atoms with Crippen molar-refractivity contribution < 1.29 is 14.3 Å². The molecule has 0 amide bonds. The Labute approximate surface area is 122 Å². The number of morpholine rings is 2. The van der Waals surface area contributed by atoms with Crippen molar-refractivity contribution in [2.75, 3.05) is 52.6 Å². The van der Waals surface area contributed by atoms with E-state index in [9.17, 15) is 4.79 Å². The minimum absolute atomic E-state index is 0.336. The Morgan fingerprint density at radius 3 is 1.55 bits per heavy atom. The number of hydrogen-bond acceptors (Lipinski definition) is 5. The van der Waals surface area contributed by atoms with E-state index in [1.54, 1.807) is 0 Å². The van der Waals surface area contributed by atoms with Crippen molar-refractivity contribution in [2.45, 2.75) is 38.8 Å². The molecule has 2 aliphatic rings. The molecule has 2 unspecified atom stereocenters. The third kappa shape index (κ3) is 4.81. The van der Waals surface area contributed by atoms with Crippen LogP contribution in [0.1, 0.15) is 26.7 Å². The van der Waals surface area contributed by atoms with Gasteiger partial charge in [0.05, 0.1) is 26.4 Å². The minimum atomic E-state index is 0.336. The zero-order chi connectivity index (χ0) is 14.4.